The van der Waals surface area contributed by atoms with E-state index in [1.807, 2.05) is 36.5 Å². The van der Waals surface area contributed by atoms with E-state index in [0.29, 0.717) is 30.3 Å². The molecule has 0 bridgehead atoms. The number of fused-ring (bicyclic) bond motifs is 1. The Labute approximate surface area is 170 Å². The molecule has 0 fully saturated rings. The molecular formula is C22H28N2O5. The van der Waals surface area contributed by atoms with E-state index in [2.05, 4.69) is 10.3 Å². The summed E-state index contributed by atoms with van der Waals surface area (Å²) in [7, 11) is 3.23. The first-order chi connectivity index (χ1) is 14.1. The van der Waals surface area contributed by atoms with Crippen LogP contribution < -0.4 is 19.5 Å². The highest BCUT2D eigenvalue weighted by Gasteiger charge is 2.10. The van der Waals surface area contributed by atoms with Gasteiger partial charge in [-0.2, -0.15) is 0 Å². The Hall–Kier alpha value is -2.74. The summed E-state index contributed by atoms with van der Waals surface area (Å²) in [5.41, 5.74) is 2.78. The van der Waals surface area contributed by atoms with Crippen LogP contribution in [0.2, 0.25) is 0 Å². The maximum atomic E-state index is 10.2. The van der Waals surface area contributed by atoms with Crippen molar-refractivity contribution >= 4 is 10.9 Å². The summed E-state index contributed by atoms with van der Waals surface area (Å²) in [6, 6.07) is 11.4. The van der Waals surface area contributed by atoms with Crippen molar-refractivity contribution in [2.75, 3.05) is 33.9 Å². The van der Waals surface area contributed by atoms with Gasteiger partial charge in [-0.25, -0.2) is 0 Å². The third kappa shape index (κ3) is 5.41. The Kier molecular flexibility index (Phi) is 7.35. The van der Waals surface area contributed by atoms with E-state index in [4.69, 9.17) is 14.2 Å². The van der Waals surface area contributed by atoms with Gasteiger partial charge in [0.15, 0.2) is 11.5 Å². The van der Waals surface area contributed by atoms with Crippen molar-refractivity contribution < 1.29 is 24.4 Å². The van der Waals surface area contributed by atoms with Gasteiger partial charge in [0.1, 0.15) is 18.5 Å². The molecule has 3 rings (SSSR count). The van der Waals surface area contributed by atoms with Gasteiger partial charge >= 0.3 is 0 Å². The van der Waals surface area contributed by atoms with Gasteiger partial charge in [-0.3, -0.25) is 0 Å². The zero-order chi connectivity index (χ0) is 20.6. The second-order valence-corrected chi connectivity index (χ2v) is 6.80. The molecule has 0 amide bonds. The minimum Gasteiger partial charge on any atom is -0.493 e. The molecule has 0 aliphatic heterocycles. The summed E-state index contributed by atoms with van der Waals surface area (Å²) in [6.07, 6.45) is 1.98. The summed E-state index contributed by atoms with van der Waals surface area (Å²) in [4.78, 5) is 3.11. The van der Waals surface area contributed by atoms with Crippen LogP contribution in [0, 0.1) is 0 Å². The van der Waals surface area contributed by atoms with Crippen LogP contribution in [0.3, 0.4) is 0 Å². The van der Waals surface area contributed by atoms with E-state index in [1.54, 1.807) is 20.3 Å². The Morgan fingerprint density at radius 1 is 1.00 bits per heavy atom. The largest absolute Gasteiger partial charge is 0.493 e. The van der Waals surface area contributed by atoms with Crippen LogP contribution in [0.5, 0.6) is 17.2 Å². The van der Waals surface area contributed by atoms with Gasteiger partial charge in [0.05, 0.1) is 20.8 Å². The third-order valence-electron chi connectivity index (χ3n) is 4.72. The van der Waals surface area contributed by atoms with Crippen molar-refractivity contribution in [3.05, 3.63) is 53.7 Å². The highest BCUT2D eigenvalue weighted by Crippen LogP contribution is 2.28. The van der Waals surface area contributed by atoms with Crippen LogP contribution in [0.4, 0.5) is 0 Å². The molecule has 0 aliphatic rings. The fourth-order valence-electron chi connectivity index (χ4n) is 3.18. The van der Waals surface area contributed by atoms with Crippen molar-refractivity contribution in [3.8, 4) is 17.2 Å². The first-order valence-corrected chi connectivity index (χ1v) is 9.58. The number of H-pyrrole nitrogens is 1. The van der Waals surface area contributed by atoms with Gasteiger partial charge in [-0.1, -0.05) is 6.07 Å². The Morgan fingerprint density at radius 2 is 1.79 bits per heavy atom. The predicted molar refractivity (Wildman–Crippen MR) is 112 cm³/mol. The normalized spacial score (nSPS) is 12.1. The van der Waals surface area contributed by atoms with Crippen LogP contribution in [-0.2, 0) is 13.0 Å². The molecule has 0 spiro atoms. The second-order valence-electron chi connectivity index (χ2n) is 6.80. The average Bonchev–Trinajstić information content (AvgIpc) is 3.23. The molecule has 2 aromatic carbocycles. The SMILES string of the molecule is COc1ccc(CCNCC(O)COc2cc(CO)cc3[nH]ccc23)cc1OC. The third-order valence-corrected chi connectivity index (χ3v) is 4.72. The zero-order valence-electron chi connectivity index (χ0n) is 16.8. The van der Waals surface area contributed by atoms with Gasteiger partial charge < -0.3 is 34.7 Å². The number of aromatic amines is 1. The number of ether oxygens (including phenoxy) is 3. The minimum absolute atomic E-state index is 0.0639. The standard InChI is InChI=1S/C22H28N2O5/c1-27-20-4-3-15(10-22(20)28-2)5-7-23-12-17(26)14-29-21-11-16(13-25)9-19-18(21)6-8-24-19/h3-4,6,8-11,17,23-26H,5,7,12-14H2,1-2H3. The molecule has 7 nitrogen and oxygen atoms in total. The highest BCUT2D eigenvalue weighted by atomic mass is 16.5. The van der Waals surface area contributed by atoms with E-state index in [1.165, 1.54) is 0 Å². The number of aromatic nitrogens is 1. The van der Waals surface area contributed by atoms with Crippen LogP contribution in [0.15, 0.2) is 42.6 Å². The molecule has 0 saturated carbocycles. The van der Waals surface area contributed by atoms with Crippen LogP contribution in [0.25, 0.3) is 10.9 Å². The average molecular weight is 400 g/mol. The molecule has 0 aliphatic carbocycles. The summed E-state index contributed by atoms with van der Waals surface area (Å²) in [5.74, 6) is 2.07. The lowest BCUT2D eigenvalue weighted by Crippen LogP contribution is -2.32. The summed E-state index contributed by atoms with van der Waals surface area (Å²) < 4.78 is 16.4. The Balaban J connectivity index is 1.45. The van der Waals surface area contributed by atoms with E-state index in [-0.39, 0.29) is 13.2 Å². The molecule has 1 atom stereocenters. The summed E-state index contributed by atoms with van der Waals surface area (Å²) in [5, 5.41) is 23.8. The maximum Gasteiger partial charge on any atom is 0.160 e. The van der Waals surface area contributed by atoms with E-state index >= 15 is 0 Å². The molecule has 0 radical (unpaired) electrons. The van der Waals surface area contributed by atoms with Gasteiger partial charge in [0.25, 0.3) is 0 Å². The molecule has 7 heteroatoms. The van der Waals surface area contributed by atoms with E-state index in [0.717, 1.165) is 28.5 Å². The maximum absolute atomic E-state index is 10.2. The molecule has 3 aromatic rings. The van der Waals surface area contributed by atoms with Crippen molar-refractivity contribution in [1.29, 1.82) is 0 Å². The first kappa shape index (κ1) is 21.0. The molecular weight excluding hydrogens is 372 g/mol. The quantitative estimate of drug-likeness (QED) is 0.369. The van der Waals surface area contributed by atoms with Gasteiger partial charge in [-0.15, -0.1) is 0 Å². The highest BCUT2D eigenvalue weighted by molar-refractivity contribution is 5.86. The predicted octanol–water partition coefficient (Wildman–Crippen LogP) is 2.25. The van der Waals surface area contributed by atoms with E-state index < -0.39 is 6.10 Å². The molecule has 29 heavy (non-hydrogen) atoms. The number of benzene rings is 2. The van der Waals surface area contributed by atoms with Crippen molar-refractivity contribution in [2.24, 2.45) is 0 Å². The lowest BCUT2D eigenvalue weighted by Gasteiger charge is -2.15. The summed E-state index contributed by atoms with van der Waals surface area (Å²) in [6.45, 7) is 1.24. The van der Waals surface area contributed by atoms with Gasteiger partial charge in [0.2, 0.25) is 0 Å². The molecule has 4 N–H and O–H groups in total. The lowest BCUT2D eigenvalue weighted by atomic mass is 10.1. The zero-order valence-corrected chi connectivity index (χ0v) is 16.8. The second kappa shape index (κ2) is 10.2. The fraction of sp³-hybridized carbons (Fsp3) is 0.364. The Bertz CT molecular complexity index is 925. The molecule has 1 unspecified atom stereocenters. The summed E-state index contributed by atoms with van der Waals surface area (Å²) >= 11 is 0. The van der Waals surface area contributed by atoms with Crippen LogP contribution in [0.1, 0.15) is 11.1 Å². The molecule has 0 saturated heterocycles. The lowest BCUT2D eigenvalue weighted by molar-refractivity contribution is 0.107. The van der Waals surface area contributed by atoms with Crippen molar-refractivity contribution in [2.45, 2.75) is 19.1 Å². The number of nitrogens with one attached hydrogen (secondary N) is 2. The van der Waals surface area contributed by atoms with Gasteiger partial charge in [-0.05, 0) is 54.4 Å². The van der Waals surface area contributed by atoms with Gasteiger partial charge in [0, 0.05) is 23.6 Å². The fourth-order valence-corrected chi connectivity index (χ4v) is 3.18. The van der Waals surface area contributed by atoms with E-state index in [9.17, 15) is 10.2 Å². The number of hydrogen-bond acceptors (Lipinski definition) is 6. The number of methoxy groups -OCH3 is 2. The first-order valence-electron chi connectivity index (χ1n) is 9.58. The number of aliphatic hydroxyl groups excluding tert-OH is 2. The van der Waals surface area contributed by atoms with Crippen LogP contribution >= 0.6 is 0 Å². The Morgan fingerprint density at radius 3 is 2.55 bits per heavy atom. The number of aliphatic hydroxyl groups is 2. The monoisotopic (exact) mass is 400 g/mol. The smallest absolute Gasteiger partial charge is 0.160 e. The molecule has 1 heterocycles. The van der Waals surface area contributed by atoms with Crippen LogP contribution in [-0.4, -0.2) is 55.2 Å². The topological polar surface area (TPSA) is 96.0 Å². The molecule has 1 aromatic heterocycles. The number of rotatable bonds is 11. The number of hydrogen-bond donors (Lipinski definition) is 4. The van der Waals surface area contributed by atoms with Crippen molar-refractivity contribution in [3.63, 3.8) is 0 Å². The minimum atomic E-state index is -0.646. The molecule has 156 valence electrons. The van der Waals surface area contributed by atoms with Crippen molar-refractivity contribution in [1.82, 2.24) is 10.3 Å².